The zero-order valence-electron chi connectivity index (χ0n) is 11.4. The molecule has 0 aliphatic heterocycles. The number of nitrogens with one attached hydrogen (secondary N) is 1. The molecule has 3 rings (SSSR count). The van der Waals surface area contributed by atoms with E-state index in [1.165, 1.54) is 4.88 Å². The van der Waals surface area contributed by atoms with Gasteiger partial charge < -0.3 is 5.32 Å². The van der Waals surface area contributed by atoms with Crippen LogP contribution < -0.4 is 5.32 Å². The smallest absolute Gasteiger partial charge is 0.369 e. The van der Waals surface area contributed by atoms with Crippen molar-refractivity contribution in [2.45, 2.75) is 12.6 Å². The van der Waals surface area contributed by atoms with Gasteiger partial charge in [-0.05, 0) is 30.0 Å². The molecule has 7 heteroatoms. The van der Waals surface area contributed by atoms with Crippen molar-refractivity contribution in [1.82, 2.24) is 9.97 Å². The molecule has 0 fully saturated rings. The summed E-state index contributed by atoms with van der Waals surface area (Å²) in [6, 6.07) is 10.6. The second-order valence-corrected chi connectivity index (χ2v) is 5.70. The fourth-order valence-corrected chi connectivity index (χ4v) is 2.81. The average Bonchev–Trinajstić information content (AvgIpc) is 2.99. The number of hydrogen-bond acceptors (Lipinski definition) is 4. The van der Waals surface area contributed by atoms with Crippen molar-refractivity contribution in [2.75, 3.05) is 11.9 Å². The van der Waals surface area contributed by atoms with Gasteiger partial charge in [0.1, 0.15) is 5.82 Å². The van der Waals surface area contributed by atoms with Crippen molar-refractivity contribution in [3.8, 4) is 0 Å². The number of rotatable bonds is 4. The van der Waals surface area contributed by atoms with Gasteiger partial charge in [0.25, 0.3) is 0 Å². The van der Waals surface area contributed by atoms with Crippen LogP contribution in [-0.2, 0) is 12.6 Å². The van der Waals surface area contributed by atoms with Crippen LogP contribution in [0.4, 0.5) is 19.0 Å². The van der Waals surface area contributed by atoms with Crippen LogP contribution in [0.2, 0.25) is 0 Å². The zero-order chi connectivity index (χ0) is 15.6. The summed E-state index contributed by atoms with van der Waals surface area (Å²) in [5, 5.41) is 5.55. The first-order valence-corrected chi connectivity index (χ1v) is 7.52. The highest BCUT2D eigenvalue weighted by molar-refractivity contribution is 7.09. The molecule has 0 bridgehead atoms. The van der Waals surface area contributed by atoms with E-state index in [1.807, 2.05) is 17.5 Å². The third-order valence-corrected chi connectivity index (χ3v) is 4.04. The standard InChI is InChI=1S/C15H12F3N3S/c16-15(17,18)14-20-12-6-2-1-5-11(12)13(21-14)19-8-7-10-4-3-9-22-10/h1-6,9H,7-8H2,(H,19,20,21). The topological polar surface area (TPSA) is 37.8 Å². The second-order valence-electron chi connectivity index (χ2n) is 4.67. The fraction of sp³-hybridized carbons (Fsp3) is 0.200. The minimum absolute atomic E-state index is 0.217. The number of thiophene rings is 1. The molecule has 0 saturated heterocycles. The second kappa shape index (κ2) is 5.92. The van der Waals surface area contributed by atoms with Crippen LogP contribution in [-0.4, -0.2) is 16.5 Å². The quantitative estimate of drug-likeness (QED) is 0.775. The summed E-state index contributed by atoms with van der Waals surface area (Å²) in [5.74, 6) is -0.903. The molecule has 0 radical (unpaired) electrons. The molecule has 0 unspecified atom stereocenters. The summed E-state index contributed by atoms with van der Waals surface area (Å²) in [6.45, 7) is 0.513. The molecule has 3 aromatic rings. The van der Waals surface area contributed by atoms with Gasteiger partial charge in [0.05, 0.1) is 5.52 Å². The van der Waals surface area contributed by atoms with Crippen molar-refractivity contribution in [3.63, 3.8) is 0 Å². The van der Waals surface area contributed by atoms with E-state index in [4.69, 9.17) is 0 Å². The number of fused-ring (bicyclic) bond motifs is 1. The molecular weight excluding hydrogens is 311 g/mol. The highest BCUT2D eigenvalue weighted by atomic mass is 32.1. The van der Waals surface area contributed by atoms with E-state index in [1.54, 1.807) is 35.6 Å². The van der Waals surface area contributed by atoms with Gasteiger partial charge in [-0.1, -0.05) is 18.2 Å². The number of alkyl halides is 3. The Labute approximate surface area is 128 Å². The van der Waals surface area contributed by atoms with Gasteiger partial charge in [-0.15, -0.1) is 11.3 Å². The summed E-state index contributed by atoms with van der Waals surface area (Å²) in [6.07, 6.45) is -3.83. The van der Waals surface area contributed by atoms with Crippen molar-refractivity contribution in [3.05, 3.63) is 52.5 Å². The van der Waals surface area contributed by atoms with Gasteiger partial charge in [-0.25, -0.2) is 9.97 Å². The monoisotopic (exact) mass is 323 g/mol. The normalized spacial score (nSPS) is 11.8. The van der Waals surface area contributed by atoms with E-state index in [-0.39, 0.29) is 11.3 Å². The maximum Gasteiger partial charge on any atom is 0.451 e. The number of halogens is 3. The van der Waals surface area contributed by atoms with Gasteiger partial charge in [0.2, 0.25) is 5.82 Å². The molecule has 3 nitrogen and oxygen atoms in total. The van der Waals surface area contributed by atoms with E-state index < -0.39 is 12.0 Å². The molecule has 2 heterocycles. The lowest BCUT2D eigenvalue weighted by Gasteiger charge is -2.12. The Hall–Kier alpha value is -2.15. The molecule has 114 valence electrons. The van der Waals surface area contributed by atoms with Gasteiger partial charge >= 0.3 is 6.18 Å². The third-order valence-electron chi connectivity index (χ3n) is 3.10. The van der Waals surface area contributed by atoms with E-state index >= 15 is 0 Å². The zero-order valence-corrected chi connectivity index (χ0v) is 12.2. The Morgan fingerprint density at radius 2 is 1.86 bits per heavy atom. The Kier molecular flexibility index (Phi) is 3.98. The molecule has 0 atom stereocenters. The number of aromatic nitrogens is 2. The Morgan fingerprint density at radius 3 is 2.59 bits per heavy atom. The van der Waals surface area contributed by atoms with Gasteiger partial charge in [0, 0.05) is 16.8 Å². The van der Waals surface area contributed by atoms with Crippen LogP contribution in [0.5, 0.6) is 0 Å². The van der Waals surface area contributed by atoms with Crippen LogP contribution in [0.15, 0.2) is 41.8 Å². The van der Waals surface area contributed by atoms with Crippen molar-refractivity contribution < 1.29 is 13.2 Å². The first-order chi connectivity index (χ1) is 10.5. The lowest BCUT2D eigenvalue weighted by atomic mass is 10.2. The third kappa shape index (κ3) is 3.19. The molecule has 2 aromatic heterocycles. The fourth-order valence-electron chi connectivity index (χ4n) is 2.10. The van der Waals surface area contributed by atoms with E-state index in [2.05, 4.69) is 15.3 Å². The maximum atomic E-state index is 12.9. The van der Waals surface area contributed by atoms with E-state index in [0.717, 1.165) is 6.42 Å². The highest BCUT2D eigenvalue weighted by Gasteiger charge is 2.35. The van der Waals surface area contributed by atoms with Crippen LogP contribution in [0.1, 0.15) is 10.7 Å². The average molecular weight is 323 g/mol. The number of hydrogen-bond donors (Lipinski definition) is 1. The molecule has 0 amide bonds. The molecule has 1 aromatic carbocycles. The van der Waals surface area contributed by atoms with Crippen LogP contribution in [0, 0.1) is 0 Å². The van der Waals surface area contributed by atoms with Crippen LogP contribution >= 0.6 is 11.3 Å². The van der Waals surface area contributed by atoms with Crippen molar-refractivity contribution in [1.29, 1.82) is 0 Å². The van der Waals surface area contributed by atoms with E-state index in [0.29, 0.717) is 11.9 Å². The minimum Gasteiger partial charge on any atom is -0.369 e. The summed E-state index contributed by atoms with van der Waals surface area (Å²) < 4.78 is 38.7. The Morgan fingerprint density at radius 1 is 1.05 bits per heavy atom. The number of benzene rings is 1. The van der Waals surface area contributed by atoms with Crippen molar-refractivity contribution in [2.24, 2.45) is 0 Å². The molecule has 0 aliphatic carbocycles. The lowest BCUT2D eigenvalue weighted by Crippen LogP contribution is -2.14. The van der Waals surface area contributed by atoms with E-state index in [9.17, 15) is 13.2 Å². The molecular formula is C15H12F3N3S. The number of nitrogens with zero attached hydrogens (tertiary/aromatic N) is 2. The van der Waals surface area contributed by atoms with Gasteiger partial charge in [-0.3, -0.25) is 0 Å². The molecule has 0 aliphatic rings. The molecule has 0 spiro atoms. The number of para-hydroxylation sites is 1. The summed E-state index contributed by atoms with van der Waals surface area (Å²) in [4.78, 5) is 8.41. The summed E-state index contributed by atoms with van der Waals surface area (Å²) in [5.41, 5.74) is 0.281. The summed E-state index contributed by atoms with van der Waals surface area (Å²) >= 11 is 1.62. The van der Waals surface area contributed by atoms with Crippen LogP contribution in [0.3, 0.4) is 0 Å². The SMILES string of the molecule is FC(F)(F)c1nc(NCCc2cccs2)c2ccccc2n1. The Bertz CT molecular complexity index is 769. The first-order valence-electron chi connectivity index (χ1n) is 6.64. The Balaban J connectivity index is 1.89. The van der Waals surface area contributed by atoms with Gasteiger partial charge in [-0.2, -0.15) is 13.2 Å². The molecule has 0 saturated carbocycles. The maximum absolute atomic E-state index is 12.9. The van der Waals surface area contributed by atoms with Gasteiger partial charge in [0.15, 0.2) is 0 Å². The number of anilines is 1. The van der Waals surface area contributed by atoms with Crippen LogP contribution in [0.25, 0.3) is 10.9 Å². The summed E-state index contributed by atoms with van der Waals surface area (Å²) in [7, 11) is 0. The lowest BCUT2D eigenvalue weighted by molar-refractivity contribution is -0.144. The molecule has 22 heavy (non-hydrogen) atoms. The predicted molar refractivity (Wildman–Crippen MR) is 81.1 cm³/mol. The van der Waals surface area contributed by atoms with Crippen molar-refractivity contribution >= 4 is 28.1 Å². The molecule has 1 N–H and O–H groups in total. The minimum atomic E-state index is -4.56. The largest absolute Gasteiger partial charge is 0.451 e. The predicted octanol–water partition coefficient (Wildman–Crippen LogP) is 4.36. The first kappa shape index (κ1) is 14.8. The highest BCUT2D eigenvalue weighted by Crippen LogP contribution is 2.30.